The van der Waals surface area contributed by atoms with Crippen molar-refractivity contribution >= 4 is 11.5 Å². The molecule has 0 saturated carbocycles. The van der Waals surface area contributed by atoms with Gasteiger partial charge in [-0.05, 0) is 26.0 Å². The van der Waals surface area contributed by atoms with Gasteiger partial charge in [-0.15, -0.1) is 0 Å². The molecule has 1 aromatic heterocycles. The van der Waals surface area contributed by atoms with Crippen molar-refractivity contribution in [2.24, 2.45) is 0 Å². The molecule has 17 heavy (non-hydrogen) atoms. The lowest BCUT2D eigenvalue weighted by atomic mass is 10.1. The topological polar surface area (TPSA) is 31.4 Å². The van der Waals surface area contributed by atoms with Crippen LogP contribution in [0.15, 0.2) is 18.3 Å². The summed E-state index contributed by atoms with van der Waals surface area (Å²) in [7, 11) is 0. The van der Waals surface area contributed by atoms with E-state index in [1.807, 2.05) is 12.3 Å². The zero-order chi connectivity index (χ0) is 11.8. The number of fused-ring (bicyclic) bond motifs is 3. The number of piperazine rings is 1. The predicted octanol–water partition coefficient (Wildman–Crippen LogP) is 1.41. The summed E-state index contributed by atoms with van der Waals surface area (Å²) in [5.41, 5.74) is 1.18. The van der Waals surface area contributed by atoms with Gasteiger partial charge in [0.15, 0.2) is 5.82 Å². The average molecular weight is 232 g/mol. The number of hydrogen-bond acceptors (Lipinski definition) is 4. The molecule has 0 amide bonds. The zero-order valence-electron chi connectivity index (χ0n) is 10.6. The van der Waals surface area contributed by atoms with Crippen LogP contribution in [-0.2, 0) is 0 Å². The second-order valence-corrected chi connectivity index (χ2v) is 5.19. The molecule has 1 fully saturated rings. The molecule has 2 aliphatic rings. The lowest BCUT2D eigenvalue weighted by Gasteiger charge is -2.46. The molecule has 0 radical (unpaired) electrons. The Labute approximate surface area is 103 Å². The molecule has 2 aliphatic heterocycles. The van der Waals surface area contributed by atoms with Crippen molar-refractivity contribution < 1.29 is 0 Å². The normalized spacial score (nSPS) is 24.2. The maximum atomic E-state index is 4.52. The number of pyridine rings is 1. The summed E-state index contributed by atoms with van der Waals surface area (Å²) < 4.78 is 0. The van der Waals surface area contributed by atoms with Gasteiger partial charge < -0.3 is 10.2 Å². The molecular weight excluding hydrogens is 212 g/mol. The van der Waals surface area contributed by atoms with Crippen LogP contribution >= 0.6 is 0 Å². The number of nitrogens with one attached hydrogen (secondary N) is 1. The summed E-state index contributed by atoms with van der Waals surface area (Å²) in [4.78, 5) is 9.53. The molecule has 4 heteroatoms. The standard InChI is InChI=1S/C13H20N4/c1-10(2)16-6-7-17-11(9-16)8-15-12-4-3-5-14-13(12)17/h3-5,10-11,15H,6-9H2,1-2H3/t11-/m1/s1. The predicted molar refractivity (Wildman–Crippen MR) is 70.6 cm³/mol. The fourth-order valence-corrected chi connectivity index (χ4v) is 2.79. The van der Waals surface area contributed by atoms with Crippen molar-refractivity contribution in [3.63, 3.8) is 0 Å². The van der Waals surface area contributed by atoms with E-state index in [4.69, 9.17) is 0 Å². The monoisotopic (exact) mass is 232 g/mol. The van der Waals surface area contributed by atoms with Crippen LogP contribution in [0.3, 0.4) is 0 Å². The van der Waals surface area contributed by atoms with Crippen LogP contribution < -0.4 is 10.2 Å². The highest BCUT2D eigenvalue weighted by Gasteiger charge is 2.32. The SMILES string of the molecule is CC(C)N1CCN2c3ncccc3NC[C@@H]2C1. The molecule has 1 atom stereocenters. The quantitative estimate of drug-likeness (QED) is 0.793. The first kappa shape index (κ1) is 10.8. The van der Waals surface area contributed by atoms with Crippen LogP contribution in [0.2, 0.25) is 0 Å². The largest absolute Gasteiger partial charge is 0.380 e. The molecular formula is C13H20N4. The second kappa shape index (κ2) is 4.18. The molecule has 3 rings (SSSR count). The molecule has 0 bridgehead atoms. The van der Waals surface area contributed by atoms with Crippen molar-refractivity contribution in [2.75, 3.05) is 36.4 Å². The number of aromatic nitrogens is 1. The van der Waals surface area contributed by atoms with Crippen LogP contribution in [0.4, 0.5) is 11.5 Å². The number of hydrogen-bond donors (Lipinski definition) is 1. The van der Waals surface area contributed by atoms with Gasteiger partial charge in [-0.3, -0.25) is 4.90 Å². The van der Waals surface area contributed by atoms with Crippen LogP contribution in [0.25, 0.3) is 0 Å². The van der Waals surface area contributed by atoms with Gasteiger partial charge in [-0.1, -0.05) is 0 Å². The van der Waals surface area contributed by atoms with E-state index in [0.717, 1.165) is 32.0 Å². The van der Waals surface area contributed by atoms with Gasteiger partial charge in [-0.2, -0.15) is 0 Å². The van der Waals surface area contributed by atoms with Crippen molar-refractivity contribution in [2.45, 2.75) is 25.9 Å². The van der Waals surface area contributed by atoms with E-state index in [-0.39, 0.29) is 0 Å². The number of nitrogens with zero attached hydrogens (tertiary/aromatic N) is 3. The second-order valence-electron chi connectivity index (χ2n) is 5.19. The summed E-state index contributed by atoms with van der Waals surface area (Å²) in [5, 5.41) is 3.49. The Kier molecular flexibility index (Phi) is 2.67. The van der Waals surface area contributed by atoms with E-state index in [1.54, 1.807) is 0 Å². The molecule has 1 N–H and O–H groups in total. The fourth-order valence-electron chi connectivity index (χ4n) is 2.79. The first-order valence-electron chi connectivity index (χ1n) is 6.45. The van der Waals surface area contributed by atoms with E-state index in [0.29, 0.717) is 12.1 Å². The fraction of sp³-hybridized carbons (Fsp3) is 0.615. The van der Waals surface area contributed by atoms with Crippen molar-refractivity contribution in [1.82, 2.24) is 9.88 Å². The molecule has 0 aliphatic carbocycles. The molecule has 0 aromatic carbocycles. The van der Waals surface area contributed by atoms with Crippen molar-refractivity contribution in [1.29, 1.82) is 0 Å². The summed E-state index contributed by atoms with van der Waals surface area (Å²) in [6, 6.07) is 5.32. The molecule has 4 nitrogen and oxygen atoms in total. The first-order chi connectivity index (χ1) is 8.25. The van der Waals surface area contributed by atoms with Crippen molar-refractivity contribution in [3.05, 3.63) is 18.3 Å². The van der Waals surface area contributed by atoms with E-state index < -0.39 is 0 Å². The lowest BCUT2D eigenvalue weighted by Crippen LogP contribution is -2.59. The van der Waals surface area contributed by atoms with E-state index in [9.17, 15) is 0 Å². The van der Waals surface area contributed by atoms with Gasteiger partial charge in [0.1, 0.15) is 0 Å². The molecule has 0 spiro atoms. The Bertz CT molecular complexity index is 404. The third-order valence-corrected chi connectivity index (χ3v) is 3.83. The Hall–Kier alpha value is -1.29. The number of anilines is 2. The molecule has 1 saturated heterocycles. The van der Waals surface area contributed by atoms with Gasteiger partial charge in [0.05, 0.1) is 11.7 Å². The third kappa shape index (κ3) is 1.86. The maximum Gasteiger partial charge on any atom is 0.152 e. The first-order valence-corrected chi connectivity index (χ1v) is 6.45. The van der Waals surface area contributed by atoms with Gasteiger partial charge in [0, 0.05) is 38.4 Å². The lowest BCUT2D eigenvalue weighted by molar-refractivity contribution is 0.182. The van der Waals surface area contributed by atoms with Gasteiger partial charge >= 0.3 is 0 Å². The summed E-state index contributed by atoms with van der Waals surface area (Å²) >= 11 is 0. The Morgan fingerprint density at radius 1 is 1.41 bits per heavy atom. The highest BCUT2D eigenvalue weighted by molar-refractivity contribution is 5.68. The number of rotatable bonds is 1. The van der Waals surface area contributed by atoms with Crippen LogP contribution in [0.1, 0.15) is 13.8 Å². The summed E-state index contributed by atoms with van der Waals surface area (Å²) in [6.07, 6.45) is 1.89. The molecule has 92 valence electrons. The maximum absolute atomic E-state index is 4.52. The highest BCUT2D eigenvalue weighted by Crippen LogP contribution is 2.30. The Morgan fingerprint density at radius 3 is 3.12 bits per heavy atom. The van der Waals surface area contributed by atoms with E-state index >= 15 is 0 Å². The Morgan fingerprint density at radius 2 is 2.29 bits per heavy atom. The highest BCUT2D eigenvalue weighted by atomic mass is 15.3. The zero-order valence-corrected chi connectivity index (χ0v) is 10.6. The van der Waals surface area contributed by atoms with E-state index in [1.165, 1.54) is 5.69 Å². The summed E-state index contributed by atoms with van der Waals surface area (Å²) in [6.45, 7) is 8.96. The molecule has 1 aromatic rings. The summed E-state index contributed by atoms with van der Waals surface area (Å²) in [5.74, 6) is 1.13. The minimum absolute atomic E-state index is 0.563. The van der Waals surface area contributed by atoms with Crippen LogP contribution in [0, 0.1) is 0 Å². The van der Waals surface area contributed by atoms with Gasteiger partial charge in [-0.25, -0.2) is 4.98 Å². The van der Waals surface area contributed by atoms with Crippen LogP contribution in [-0.4, -0.2) is 48.1 Å². The Balaban J connectivity index is 1.83. The minimum Gasteiger partial charge on any atom is -0.380 e. The van der Waals surface area contributed by atoms with Gasteiger partial charge in [0.2, 0.25) is 0 Å². The third-order valence-electron chi connectivity index (χ3n) is 3.83. The molecule has 3 heterocycles. The van der Waals surface area contributed by atoms with Gasteiger partial charge in [0.25, 0.3) is 0 Å². The smallest absolute Gasteiger partial charge is 0.152 e. The average Bonchev–Trinajstić information content (AvgIpc) is 2.38. The molecule has 0 unspecified atom stereocenters. The van der Waals surface area contributed by atoms with Crippen LogP contribution in [0.5, 0.6) is 0 Å². The van der Waals surface area contributed by atoms with E-state index in [2.05, 4.69) is 40.0 Å². The minimum atomic E-state index is 0.563. The van der Waals surface area contributed by atoms with Crippen molar-refractivity contribution in [3.8, 4) is 0 Å².